The first kappa shape index (κ1) is 16.2. The number of rotatable bonds is 4. The van der Waals surface area contributed by atoms with Crippen LogP contribution in [-0.2, 0) is 10.0 Å². The maximum atomic E-state index is 11.9. The molecule has 3 heterocycles. The molecular formula is C15H12N4O3S2. The summed E-state index contributed by atoms with van der Waals surface area (Å²) >= 11 is 1.41. The van der Waals surface area contributed by atoms with Gasteiger partial charge in [0.05, 0.1) is 16.8 Å². The van der Waals surface area contributed by atoms with Gasteiger partial charge in [-0.05, 0) is 24.3 Å². The number of amides is 1. The Morgan fingerprint density at radius 1 is 1.17 bits per heavy atom. The van der Waals surface area contributed by atoms with Gasteiger partial charge in [0.2, 0.25) is 10.0 Å². The summed E-state index contributed by atoms with van der Waals surface area (Å²) in [6.45, 7) is 0. The van der Waals surface area contributed by atoms with Crippen molar-refractivity contribution in [2.75, 3.05) is 6.26 Å². The normalized spacial score (nSPS) is 11.2. The zero-order valence-corrected chi connectivity index (χ0v) is 14.1. The molecule has 0 bridgehead atoms. The van der Waals surface area contributed by atoms with Crippen molar-refractivity contribution in [2.24, 2.45) is 0 Å². The minimum absolute atomic E-state index is 0.0225. The number of sulfonamides is 1. The van der Waals surface area contributed by atoms with E-state index in [0.717, 1.165) is 21.7 Å². The average Bonchev–Trinajstić information content (AvgIpc) is 3.04. The molecule has 1 N–H and O–H groups in total. The number of nitrogens with zero attached hydrogens (tertiary/aromatic N) is 3. The van der Waals surface area contributed by atoms with Crippen LogP contribution in [0.15, 0.2) is 48.9 Å². The van der Waals surface area contributed by atoms with Crippen LogP contribution in [0, 0.1) is 0 Å². The molecule has 3 aromatic heterocycles. The highest BCUT2D eigenvalue weighted by Crippen LogP contribution is 2.30. The molecule has 1 amide bonds. The molecule has 3 rings (SSSR count). The summed E-state index contributed by atoms with van der Waals surface area (Å²) in [5, 5.41) is 0.783. The standard InChI is InChI=1S/C15H12N4O3S2/c1-24(21,22)19-14(20)12-6-2-5-11(18-12)13-9-17-15(23-13)10-4-3-7-16-8-10/h2-9H,1H3,(H,19,20). The Kier molecular flexibility index (Phi) is 4.36. The monoisotopic (exact) mass is 360 g/mol. The van der Waals surface area contributed by atoms with Gasteiger partial charge in [-0.1, -0.05) is 6.07 Å². The molecule has 122 valence electrons. The van der Waals surface area contributed by atoms with E-state index < -0.39 is 15.9 Å². The van der Waals surface area contributed by atoms with Crippen LogP contribution in [0.4, 0.5) is 0 Å². The number of hydrogen-bond acceptors (Lipinski definition) is 7. The lowest BCUT2D eigenvalue weighted by molar-refractivity contribution is 0.0977. The summed E-state index contributed by atoms with van der Waals surface area (Å²) in [6.07, 6.45) is 5.97. The molecular weight excluding hydrogens is 348 g/mol. The molecule has 0 atom stereocenters. The maximum Gasteiger partial charge on any atom is 0.283 e. The Hall–Kier alpha value is -2.65. The fourth-order valence-electron chi connectivity index (χ4n) is 1.93. The van der Waals surface area contributed by atoms with Crippen LogP contribution >= 0.6 is 11.3 Å². The summed E-state index contributed by atoms with van der Waals surface area (Å²) in [5.74, 6) is -0.767. The van der Waals surface area contributed by atoms with Crippen LogP contribution in [0.3, 0.4) is 0 Å². The first-order valence-corrected chi connectivity index (χ1v) is 9.49. The van der Waals surface area contributed by atoms with Crippen LogP contribution in [0.2, 0.25) is 0 Å². The molecule has 3 aromatic rings. The second-order valence-electron chi connectivity index (χ2n) is 4.88. The van der Waals surface area contributed by atoms with Gasteiger partial charge in [0.1, 0.15) is 10.7 Å². The van der Waals surface area contributed by atoms with Crippen LogP contribution < -0.4 is 4.72 Å². The minimum Gasteiger partial charge on any atom is -0.266 e. The summed E-state index contributed by atoms with van der Waals surface area (Å²) in [7, 11) is -3.64. The smallest absolute Gasteiger partial charge is 0.266 e. The van der Waals surface area contributed by atoms with Crippen molar-refractivity contribution in [3.8, 4) is 21.1 Å². The largest absolute Gasteiger partial charge is 0.283 e. The third-order valence-corrected chi connectivity index (χ3v) is 4.55. The SMILES string of the molecule is CS(=O)(=O)NC(=O)c1cccc(-c2cnc(-c3cccnc3)s2)n1. The van der Waals surface area contributed by atoms with Gasteiger partial charge in [-0.2, -0.15) is 0 Å². The highest BCUT2D eigenvalue weighted by molar-refractivity contribution is 7.89. The van der Waals surface area contributed by atoms with Crippen molar-refractivity contribution >= 4 is 27.3 Å². The quantitative estimate of drug-likeness (QED) is 0.763. The lowest BCUT2D eigenvalue weighted by atomic mass is 10.3. The summed E-state index contributed by atoms with van der Waals surface area (Å²) in [6, 6.07) is 8.55. The van der Waals surface area contributed by atoms with Gasteiger partial charge in [0, 0.05) is 24.2 Å². The van der Waals surface area contributed by atoms with Crippen LogP contribution in [0.5, 0.6) is 0 Å². The zero-order chi connectivity index (χ0) is 17.2. The van der Waals surface area contributed by atoms with E-state index in [0.29, 0.717) is 5.69 Å². The molecule has 0 aliphatic heterocycles. The number of carbonyl (C=O) groups is 1. The fraction of sp³-hybridized carbons (Fsp3) is 0.0667. The maximum absolute atomic E-state index is 11.9. The van der Waals surface area contributed by atoms with Gasteiger partial charge >= 0.3 is 0 Å². The van der Waals surface area contributed by atoms with Crippen molar-refractivity contribution < 1.29 is 13.2 Å². The third-order valence-electron chi connectivity index (χ3n) is 2.93. The molecule has 0 fully saturated rings. The van der Waals surface area contributed by atoms with Crippen LogP contribution in [-0.4, -0.2) is 35.5 Å². The minimum atomic E-state index is -3.64. The molecule has 7 nitrogen and oxygen atoms in total. The first-order valence-electron chi connectivity index (χ1n) is 6.78. The molecule has 24 heavy (non-hydrogen) atoms. The molecule has 0 aliphatic carbocycles. The van der Waals surface area contributed by atoms with Crippen molar-refractivity contribution in [2.45, 2.75) is 0 Å². The number of aromatic nitrogens is 3. The van der Waals surface area contributed by atoms with E-state index >= 15 is 0 Å². The van der Waals surface area contributed by atoms with Gasteiger partial charge in [0.25, 0.3) is 5.91 Å². The first-order chi connectivity index (χ1) is 11.4. The molecule has 0 saturated carbocycles. The lowest BCUT2D eigenvalue weighted by Crippen LogP contribution is -2.30. The van der Waals surface area contributed by atoms with Crippen LogP contribution in [0.25, 0.3) is 21.1 Å². The van der Waals surface area contributed by atoms with Gasteiger partial charge < -0.3 is 0 Å². The van der Waals surface area contributed by atoms with Crippen molar-refractivity contribution in [1.82, 2.24) is 19.7 Å². The number of carbonyl (C=O) groups excluding carboxylic acids is 1. The second kappa shape index (κ2) is 6.46. The Labute approximate surface area is 142 Å². The topological polar surface area (TPSA) is 102 Å². The van der Waals surface area contributed by atoms with E-state index in [-0.39, 0.29) is 5.69 Å². The van der Waals surface area contributed by atoms with Gasteiger partial charge in [-0.15, -0.1) is 11.3 Å². The molecule has 9 heteroatoms. The molecule has 0 spiro atoms. The van der Waals surface area contributed by atoms with E-state index in [9.17, 15) is 13.2 Å². The van der Waals surface area contributed by atoms with Crippen molar-refractivity contribution in [3.63, 3.8) is 0 Å². The zero-order valence-electron chi connectivity index (χ0n) is 12.5. The van der Waals surface area contributed by atoms with Crippen LogP contribution in [0.1, 0.15) is 10.5 Å². The highest BCUT2D eigenvalue weighted by Gasteiger charge is 2.14. The summed E-state index contributed by atoms with van der Waals surface area (Å²) in [5.41, 5.74) is 1.46. The molecule has 0 saturated heterocycles. The molecule has 0 unspecified atom stereocenters. The van der Waals surface area contributed by atoms with Gasteiger partial charge in [0.15, 0.2) is 0 Å². The van der Waals surface area contributed by atoms with E-state index in [1.807, 2.05) is 16.9 Å². The number of thiazole rings is 1. The Bertz CT molecular complexity index is 985. The van der Waals surface area contributed by atoms with Gasteiger partial charge in [-0.25, -0.2) is 23.1 Å². The average molecular weight is 360 g/mol. The number of pyridine rings is 2. The van der Waals surface area contributed by atoms with Crippen molar-refractivity contribution in [3.05, 3.63) is 54.6 Å². The molecule has 0 aliphatic rings. The summed E-state index contributed by atoms with van der Waals surface area (Å²) < 4.78 is 24.2. The Morgan fingerprint density at radius 3 is 2.71 bits per heavy atom. The van der Waals surface area contributed by atoms with E-state index in [1.54, 1.807) is 30.7 Å². The predicted octanol–water partition coefficient (Wildman–Crippen LogP) is 1.96. The summed E-state index contributed by atoms with van der Waals surface area (Å²) in [4.78, 5) is 25.3. The third kappa shape index (κ3) is 3.81. The second-order valence-corrected chi connectivity index (χ2v) is 7.66. The Morgan fingerprint density at radius 2 is 2.00 bits per heavy atom. The predicted molar refractivity (Wildman–Crippen MR) is 90.9 cm³/mol. The molecule has 0 radical (unpaired) electrons. The highest BCUT2D eigenvalue weighted by atomic mass is 32.2. The van der Waals surface area contributed by atoms with E-state index in [4.69, 9.17) is 0 Å². The van der Waals surface area contributed by atoms with Gasteiger partial charge in [-0.3, -0.25) is 9.78 Å². The molecule has 0 aromatic carbocycles. The fourth-order valence-corrected chi connectivity index (χ4v) is 3.25. The van der Waals surface area contributed by atoms with Crippen molar-refractivity contribution in [1.29, 1.82) is 0 Å². The number of nitrogens with one attached hydrogen (secondary N) is 1. The van der Waals surface area contributed by atoms with E-state index in [2.05, 4.69) is 15.0 Å². The number of hydrogen-bond donors (Lipinski definition) is 1. The van der Waals surface area contributed by atoms with E-state index in [1.165, 1.54) is 17.4 Å². The lowest BCUT2D eigenvalue weighted by Gasteiger charge is -2.03. The Balaban J connectivity index is 1.90.